The summed E-state index contributed by atoms with van der Waals surface area (Å²) in [7, 11) is 0. The summed E-state index contributed by atoms with van der Waals surface area (Å²) in [4.78, 5) is 2.74. The van der Waals surface area contributed by atoms with Crippen LogP contribution in [-0.4, -0.2) is 30.6 Å². The second-order valence-corrected chi connectivity index (χ2v) is 6.73. The summed E-state index contributed by atoms with van der Waals surface area (Å²) in [5.41, 5.74) is 6.35. The van der Waals surface area contributed by atoms with Crippen molar-refractivity contribution < 1.29 is 0 Å². The molecule has 2 saturated carbocycles. The molecule has 0 radical (unpaired) electrons. The molecule has 3 aliphatic rings. The Morgan fingerprint density at radius 3 is 2.29 bits per heavy atom. The zero-order valence-corrected chi connectivity index (χ0v) is 11.1. The Morgan fingerprint density at radius 2 is 1.53 bits per heavy atom. The molecule has 3 fully saturated rings. The van der Waals surface area contributed by atoms with Crippen LogP contribution in [0.15, 0.2) is 0 Å². The van der Waals surface area contributed by atoms with E-state index < -0.39 is 0 Å². The fourth-order valence-corrected chi connectivity index (χ4v) is 4.45. The Hall–Kier alpha value is -0.0800. The van der Waals surface area contributed by atoms with Crippen molar-refractivity contribution in [2.24, 2.45) is 23.5 Å². The van der Waals surface area contributed by atoms with E-state index in [1.165, 1.54) is 71.0 Å². The second-order valence-electron chi connectivity index (χ2n) is 6.73. The van der Waals surface area contributed by atoms with Crippen molar-refractivity contribution >= 4 is 0 Å². The molecule has 4 unspecified atom stereocenters. The molecule has 0 spiro atoms. The molecule has 3 rings (SSSR count). The van der Waals surface area contributed by atoms with Crippen LogP contribution in [0.1, 0.15) is 51.4 Å². The van der Waals surface area contributed by atoms with E-state index in [-0.39, 0.29) is 0 Å². The van der Waals surface area contributed by atoms with Gasteiger partial charge in [-0.2, -0.15) is 0 Å². The molecular weight excluding hydrogens is 208 g/mol. The SMILES string of the molecule is NC1CCCCCC1CN1CC2CCCC2C1. The van der Waals surface area contributed by atoms with Crippen LogP contribution in [0, 0.1) is 17.8 Å². The molecule has 98 valence electrons. The molecule has 1 saturated heterocycles. The molecule has 0 aromatic heterocycles. The van der Waals surface area contributed by atoms with Crippen molar-refractivity contribution in [1.82, 2.24) is 4.90 Å². The number of nitrogens with two attached hydrogens (primary N) is 1. The van der Waals surface area contributed by atoms with Gasteiger partial charge in [0.05, 0.1) is 0 Å². The van der Waals surface area contributed by atoms with E-state index in [0.29, 0.717) is 6.04 Å². The lowest BCUT2D eigenvalue weighted by molar-refractivity contribution is 0.230. The molecule has 4 atom stereocenters. The van der Waals surface area contributed by atoms with Crippen LogP contribution in [0.4, 0.5) is 0 Å². The maximum Gasteiger partial charge on any atom is 0.00793 e. The predicted molar refractivity (Wildman–Crippen MR) is 71.8 cm³/mol. The minimum atomic E-state index is 0.484. The Morgan fingerprint density at radius 1 is 0.824 bits per heavy atom. The number of fused-ring (bicyclic) bond motifs is 1. The van der Waals surface area contributed by atoms with Crippen molar-refractivity contribution in [2.45, 2.75) is 57.4 Å². The van der Waals surface area contributed by atoms with Gasteiger partial charge in [0.1, 0.15) is 0 Å². The van der Waals surface area contributed by atoms with Crippen molar-refractivity contribution in [1.29, 1.82) is 0 Å². The maximum atomic E-state index is 6.35. The molecule has 2 nitrogen and oxygen atoms in total. The van der Waals surface area contributed by atoms with Crippen LogP contribution in [-0.2, 0) is 0 Å². The van der Waals surface area contributed by atoms with Gasteiger partial charge in [-0.15, -0.1) is 0 Å². The third-order valence-corrected chi connectivity index (χ3v) is 5.51. The topological polar surface area (TPSA) is 29.3 Å². The van der Waals surface area contributed by atoms with Gasteiger partial charge in [0, 0.05) is 25.7 Å². The van der Waals surface area contributed by atoms with Crippen LogP contribution >= 0.6 is 0 Å². The van der Waals surface area contributed by atoms with Crippen LogP contribution in [0.25, 0.3) is 0 Å². The Kier molecular flexibility index (Phi) is 3.72. The number of nitrogens with zero attached hydrogens (tertiary/aromatic N) is 1. The number of rotatable bonds is 2. The lowest BCUT2D eigenvalue weighted by Crippen LogP contribution is -2.38. The molecular formula is C15H28N2. The van der Waals surface area contributed by atoms with E-state index >= 15 is 0 Å². The van der Waals surface area contributed by atoms with Gasteiger partial charge in [-0.05, 0) is 43.4 Å². The van der Waals surface area contributed by atoms with Crippen LogP contribution < -0.4 is 5.73 Å². The smallest absolute Gasteiger partial charge is 0.00793 e. The van der Waals surface area contributed by atoms with Crippen molar-refractivity contribution in [3.63, 3.8) is 0 Å². The standard InChI is InChI=1S/C15H28N2/c16-15-8-3-1-2-5-14(15)11-17-9-12-6-4-7-13(12)10-17/h12-15H,1-11,16H2. The van der Waals surface area contributed by atoms with Crippen LogP contribution in [0.5, 0.6) is 0 Å². The summed E-state index contributed by atoms with van der Waals surface area (Å²) in [5.74, 6) is 2.87. The highest BCUT2D eigenvalue weighted by molar-refractivity contribution is 4.90. The molecule has 2 aliphatic carbocycles. The second kappa shape index (κ2) is 5.27. The summed E-state index contributed by atoms with van der Waals surface area (Å²) < 4.78 is 0. The normalized spacial score (nSPS) is 43.6. The number of likely N-dealkylation sites (tertiary alicyclic amines) is 1. The van der Waals surface area contributed by atoms with E-state index in [9.17, 15) is 0 Å². The van der Waals surface area contributed by atoms with Gasteiger partial charge in [0.15, 0.2) is 0 Å². The van der Waals surface area contributed by atoms with Gasteiger partial charge in [-0.25, -0.2) is 0 Å². The average Bonchev–Trinajstić information content (AvgIpc) is 2.81. The number of hydrogen-bond donors (Lipinski definition) is 1. The molecule has 17 heavy (non-hydrogen) atoms. The van der Waals surface area contributed by atoms with Crippen molar-refractivity contribution in [3.05, 3.63) is 0 Å². The first-order valence-corrected chi connectivity index (χ1v) is 7.81. The quantitative estimate of drug-likeness (QED) is 0.747. The highest BCUT2D eigenvalue weighted by Crippen LogP contribution is 2.38. The Balaban J connectivity index is 1.52. The molecule has 1 heterocycles. The largest absolute Gasteiger partial charge is 0.327 e. The zero-order valence-electron chi connectivity index (χ0n) is 11.1. The van der Waals surface area contributed by atoms with E-state index in [0.717, 1.165) is 17.8 Å². The first-order chi connectivity index (χ1) is 8.33. The van der Waals surface area contributed by atoms with Gasteiger partial charge in [0.25, 0.3) is 0 Å². The van der Waals surface area contributed by atoms with Gasteiger partial charge in [-0.1, -0.05) is 25.7 Å². The molecule has 0 aromatic rings. The van der Waals surface area contributed by atoms with E-state index in [2.05, 4.69) is 4.90 Å². The highest BCUT2D eigenvalue weighted by atomic mass is 15.2. The minimum Gasteiger partial charge on any atom is -0.327 e. The minimum absolute atomic E-state index is 0.484. The highest BCUT2D eigenvalue weighted by Gasteiger charge is 2.37. The van der Waals surface area contributed by atoms with Crippen LogP contribution in [0.2, 0.25) is 0 Å². The lowest BCUT2D eigenvalue weighted by atomic mass is 9.95. The molecule has 0 aromatic carbocycles. The summed E-state index contributed by atoms with van der Waals surface area (Å²) in [5, 5.41) is 0. The third kappa shape index (κ3) is 2.68. The maximum absolute atomic E-state index is 6.35. The number of hydrogen-bond acceptors (Lipinski definition) is 2. The van der Waals surface area contributed by atoms with Crippen molar-refractivity contribution in [3.8, 4) is 0 Å². The molecule has 1 aliphatic heterocycles. The van der Waals surface area contributed by atoms with Gasteiger partial charge in [0.2, 0.25) is 0 Å². The first-order valence-electron chi connectivity index (χ1n) is 7.81. The van der Waals surface area contributed by atoms with Gasteiger partial charge < -0.3 is 10.6 Å². The molecule has 2 N–H and O–H groups in total. The lowest BCUT2D eigenvalue weighted by Gasteiger charge is -2.27. The third-order valence-electron chi connectivity index (χ3n) is 5.51. The van der Waals surface area contributed by atoms with E-state index in [1.807, 2.05) is 0 Å². The molecule has 2 heteroatoms. The van der Waals surface area contributed by atoms with Crippen LogP contribution in [0.3, 0.4) is 0 Å². The Bertz CT molecular complexity index is 241. The fourth-order valence-electron chi connectivity index (χ4n) is 4.45. The monoisotopic (exact) mass is 236 g/mol. The van der Waals surface area contributed by atoms with E-state index in [1.54, 1.807) is 0 Å². The summed E-state index contributed by atoms with van der Waals surface area (Å²) >= 11 is 0. The zero-order chi connectivity index (χ0) is 11.7. The van der Waals surface area contributed by atoms with Gasteiger partial charge >= 0.3 is 0 Å². The fraction of sp³-hybridized carbons (Fsp3) is 1.00. The molecule has 0 amide bonds. The summed E-state index contributed by atoms with van der Waals surface area (Å²) in [6.45, 7) is 4.07. The van der Waals surface area contributed by atoms with E-state index in [4.69, 9.17) is 5.73 Å². The summed E-state index contributed by atoms with van der Waals surface area (Å²) in [6.07, 6.45) is 11.3. The Labute approximate surface area is 106 Å². The predicted octanol–water partition coefficient (Wildman–Crippen LogP) is 2.63. The molecule has 0 bridgehead atoms. The first kappa shape index (κ1) is 12.0. The van der Waals surface area contributed by atoms with Crippen molar-refractivity contribution in [2.75, 3.05) is 19.6 Å². The average molecular weight is 236 g/mol. The van der Waals surface area contributed by atoms with Gasteiger partial charge in [-0.3, -0.25) is 0 Å². The summed E-state index contributed by atoms with van der Waals surface area (Å²) in [6, 6.07) is 0.484.